The van der Waals surface area contributed by atoms with Gasteiger partial charge >= 0.3 is 0 Å². The van der Waals surface area contributed by atoms with Gasteiger partial charge in [0.15, 0.2) is 0 Å². The molecule has 2 heterocycles. The average molecular weight is 284 g/mol. The van der Waals surface area contributed by atoms with Crippen LogP contribution < -0.4 is 5.32 Å². The van der Waals surface area contributed by atoms with E-state index in [1.54, 1.807) is 0 Å². The van der Waals surface area contributed by atoms with Gasteiger partial charge in [-0.25, -0.2) is 0 Å². The second-order valence-corrected chi connectivity index (χ2v) is 5.83. The van der Waals surface area contributed by atoms with Crippen LogP contribution in [-0.4, -0.2) is 24.7 Å². The molecule has 0 spiro atoms. The normalized spacial score (nSPS) is 20.5. The number of benzene rings is 1. The van der Waals surface area contributed by atoms with Gasteiger partial charge in [-0.15, -0.1) is 0 Å². The highest BCUT2D eigenvalue weighted by Crippen LogP contribution is 2.32. The summed E-state index contributed by atoms with van der Waals surface area (Å²) in [5, 5.41) is 5.00. The van der Waals surface area contributed by atoms with Crippen LogP contribution >= 0.6 is 0 Å². The molecule has 2 aromatic rings. The number of pyridine rings is 1. The van der Waals surface area contributed by atoms with Crippen LogP contribution in [0.5, 0.6) is 0 Å². The highest BCUT2D eigenvalue weighted by Gasteiger charge is 2.26. The molecular weight excluding hydrogens is 260 g/mol. The molecule has 1 aromatic carbocycles. The Labute approximate surface area is 126 Å². The highest BCUT2D eigenvalue weighted by atomic mass is 16.5. The number of aromatic nitrogens is 1. The summed E-state index contributed by atoms with van der Waals surface area (Å²) < 4.78 is 5.72. The molecule has 1 aromatic heterocycles. The molecule has 2 atom stereocenters. The zero-order valence-electron chi connectivity index (χ0n) is 12.7. The van der Waals surface area contributed by atoms with Crippen molar-refractivity contribution in [3.05, 3.63) is 42.1 Å². The first-order valence-corrected chi connectivity index (χ1v) is 8.05. The van der Waals surface area contributed by atoms with E-state index in [-0.39, 0.29) is 0 Å². The minimum Gasteiger partial charge on any atom is -0.381 e. The summed E-state index contributed by atoms with van der Waals surface area (Å²) in [6.45, 7) is 5.02. The van der Waals surface area contributed by atoms with Crippen LogP contribution in [0.25, 0.3) is 10.9 Å². The third-order valence-corrected chi connectivity index (χ3v) is 4.30. The van der Waals surface area contributed by atoms with E-state index in [0.717, 1.165) is 38.1 Å². The van der Waals surface area contributed by atoms with Crippen molar-refractivity contribution in [2.24, 2.45) is 5.92 Å². The Bertz CT molecular complexity index is 573. The number of ether oxygens (including phenoxy) is 1. The summed E-state index contributed by atoms with van der Waals surface area (Å²) >= 11 is 0. The van der Waals surface area contributed by atoms with Crippen molar-refractivity contribution >= 4 is 10.9 Å². The molecule has 1 fully saturated rings. The van der Waals surface area contributed by atoms with Crippen LogP contribution in [0.15, 0.2) is 36.5 Å². The summed E-state index contributed by atoms with van der Waals surface area (Å²) in [7, 11) is 0. The number of nitrogens with one attached hydrogen (secondary N) is 1. The molecule has 112 valence electrons. The van der Waals surface area contributed by atoms with Gasteiger partial charge in [-0.2, -0.15) is 0 Å². The quantitative estimate of drug-likeness (QED) is 0.909. The minimum atomic E-state index is 0.359. The SMILES string of the molecule is CCCNC(c1cccc2ncccc12)C1CCCOC1. The van der Waals surface area contributed by atoms with Gasteiger partial charge in [-0.3, -0.25) is 4.98 Å². The lowest BCUT2D eigenvalue weighted by Crippen LogP contribution is -2.34. The summed E-state index contributed by atoms with van der Waals surface area (Å²) in [6.07, 6.45) is 5.41. The number of hydrogen-bond acceptors (Lipinski definition) is 3. The van der Waals surface area contributed by atoms with Crippen LogP contribution in [0.4, 0.5) is 0 Å². The molecule has 21 heavy (non-hydrogen) atoms. The molecule has 3 rings (SSSR count). The smallest absolute Gasteiger partial charge is 0.0705 e. The van der Waals surface area contributed by atoms with E-state index in [2.05, 4.69) is 41.5 Å². The predicted molar refractivity (Wildman–Crippen MR) is 86.3 cm³/mol. The van der Waals surface area contributed by atoms with E-state index < -0.39 is 0 Å². The Morgan fingerprint density at radius 2 is 2.29 bits per heavy atom. The molecule has 1 aliphatic rings. The Kier molecular flexibility index (Phi) is 4.84. The average Bonchev–Trinajstić information content (AvgIpc) is 2.56. The lowest BCUT2D eigenvalue weighted by molar-refractivity contribution is 0.0392. The Morgan fingerprint density at radius 3 is 3.10 bits per heavy atom. The van der Waals surface area contributed by atoms with Crippen LogP contribution in [0.3, 0.4) is 0 Å². The van der Waals surface area contributed by atoms with Crippen molar-refractivity contribution in [2.45, 2.75) is 32.2 Å². The topological polar surface area (TPSA) is 34.2 Å². The maximum Gasteiger partial charge on any atom is 0.0705 e. The second-order valence-electron chi connectivity index (χ2n) is 5.83. The molecule has 0 bridgehead atoms. The Morgan fingerprint density at radius 1 is 1.33 bits per heavy atom. The Hall–Kier alpha value is -1.45. The lowest BCUT2D eigenvalue weighted by Gasteiger charge is -2.32. The number of hydrogen-bond donors (Lipinski definition) is 1. The van der Waals surface area contributed by atoms with Crippen LogP contribution in [0.1, 0.15) is 37.8 Å². The lowest BCUT2D eigenvalue weighted by atomic mass is 9.87. The van der Waals surface area contributed by atoms with Gasteiger partial charge in [-0.1, -0.05) is 25.1 Å². The van der Waals surface area contributed by atoms with Gasteiger partial charge in [0.25, 0.3) is 0 Å². The van der Waals surface area contributed by atoms with E-state index in [0.29, 0.717) is 12.0 Å². The molecule has 3 nitrogen and oxygen atoms in total. The van der Waals surface area contributed by atoms with Crippen molar-refractivity contribution in [1.29, 1.82) is 0 Å². The number of nitrogens with zero attached hydrogens (tertiary/aromatic N) is 1. The van der Waals surface area contributed by atoms with Gasteiger partial charge in [0.05, 0.1) is 12.1 Å². The zero-order valence-corrected chi connectivity index (χ0v) is 12.7. The molecular formula is C18H24N2O. The molecule has 1 aliphatic heterocycles. The summed E-state index contributed by atoms with van der Waals surface area (Å²) in [5.74, 6) is 0.552. The zero-order chi connectivity index (χ0) is 14.5. The van der Waals surface area contributed by atoms with Gasteiger partial charge in [0.2, 0.25) is 0 Å². The van der Waals surface area contributed by atoms with E-state index in [4.69, 9.17) is 4.74 Å². The molecule has 0 aliphatic carbocycles. The predicted octanol–water partition coefficient (Wildman–Crippen LogP) is 3.70. The Balaban J connectivity index is 1.96. The third kappa shape index (κ3) is 3.25. The molecule has 0 radical (unpaired) electrons. The molecule has 3 heteroatoms. The van der Waals surface area contributed by atoms with Crippen LogP contribution in [0, 0.1) is 5.92 Å². The largest absolute Gasteiger partial charge is 0.381 e. The summed E-state index contributed by atoms with van der Waals surface area (Å²) in [4.78, 5) is 4.49. The molecule has 1 N–H and O–H groups in total. The first-order chi connectivity index (χ1) is 10.4. The van der Waals surface area contributed by atoms with Gasteiger partial charge in [0.1, 0.15) is 0 Å². The third-order valence-electron chi connectivity index (χ3n) is 4.30. The molecule has 0 saturated carbocycles. The van der Waals surface area contributed by atoms with Crippen molar-refractivity contribution in [3.63, 3.8) is 0 Å². The van der Waals surface area contributed by atoms with Crippen molar-refractivity contribution in [2.75, 3.05) is 19.8 Å². The fraction of sp³-hybridized carbons (Fsp3) is 0.500. The van der Waals surface area contributed by atoms with Crippen LogP contribution in [0.2, 0.25) is 0 Å². The van der Waals surface area contributed by atoms with Crippen molar-refractivity contribution < 1.29 is 4.74 Å². The van der Waals surface area contributed by atoms with Crippen molar-refractivity contribution in [1.82, 2.24) is 10.3 Å². The standard InChI is InChI=1S/C18H24N2O/c1-2-10-20-18(14-6-5-12-21-13-14)16-7-3-9-17-15(16)8-4-11-19-17/h3-4,7-9,11,14,18,20H,2,5-6,10,12-13H2,1H3. The van der Waals surface area contributed by atoms with E-state index in [1.165, 1.54) is 17.4 Å². The fourth-order valence-corrected chi connectivity index (χ4v) is 3.26. The van der Waals surface area contributed by atoms with Crippen LogP contribution in [-0.2, 0) is 4.74 Å². The molecule has 0 amide bonds. The van der Waals surface area contributed by atoms with E-state index in [1.807, 2.05) is 12.3 Å². The van der Waals surface area contributed by atoms with Gasteiger partial charge in [0, 0.05) is 30.1 Å². The maximum absolute atomic E-state index is 5.72. The first-order valence-electron chi connectivity index (χ1n) is 8.05. The molecule has 1 saturated heterocycles. The number of fused-ring (bicyclic) bond motifs is 1. The summed E-state index contributed by atoms with van der Waals surface area (Å²) in [5.41, 5.74) is 2.44. The first kappa shape index (κ1) is 14.5. The monoisotopic (exact) mass is 284 g/mol. The number of rotatable bonds is 5. The van der Waals surface area contributed by atoms with Gasteiger partial charge < -0.3 is 10.1 Å². The molecule has 2 unspecified atom stereocenters. The van der Waals surface area contributed by atoms with Crippen molar-refractivity contribution in [3.8, 4) is 0 Å². The van der Waals surface area contributed by atoms with E-state index in [9.17, 15) is 0 Å². The highest BCUT2D eigenvalue weighted by molar-refractivity contribution is 5.82. The van der Waals surface area contributed by atoms with E-state index >= 15 is 0 Å². The minimum absolute atomic E-state index is 0.359. The summed E-state index contributed by atoms with van der Waals surface area (Å²) in [6, 6.07) is 11.0. The van der Waals surface area contributed by atoms with Gasteiger partial charge in [-0.05, 0) is 43.5 Å². The fourth-order valence-electron chi connectivity index (χ4n) is 3.26. The maximum atomic E-state index is 5.72. The second kappa shape index (κ2) is 7.01.